The van der Waals surface area contributed by atoms with Gasteiger partial charge < -0.3 is 15.4 Å². The number of aromatic nitrogens is 4. The van der Waals surface area contributed by atoms with Gasteiger partial charge in [-0.2, -0.15) is 5.10 Å². The Morgan fingerprint density at radius 2 is 1.95 bits per heavy atom. The van der Waals surface area contributed by atoms with Crippen LogP contribution in [0.1, 0.15) is 59.4 Å². The van der Waals surface area contributed by atoms with Crippen LogP contribution in [0, 0.1) is 23.5 Å². The highest BCUT2D eigenvalue weighted by atomic mass is 19.2. The van der Waals surface area contributed by atoms with Crippen LogP contribution >= 0.6 is 0 Å². The molecule has 2 amide bonds. The van der Waals surface area contributed by atoms with Gasteiger partial charge in [0.15, 0.2) is 23.9 Å². The maximum atomic E-state index is 13.9. The van der Waals surface area contributed by atoms with Gasteiger partial charge in [-0.1, -0.05) is 39.0 Å². The number of pyridine rings is 2. The van der Waals surface area contributed by atoms with Crippen molar-refractivity contribution in [3.8, 4) is 0 Å². The summed E-state index contributed by atoms with van der Waals surface area (Å²) in [6, 6.07) is 7.40. The van der Waals surface area contributed by atoms with Crippen LogP contribution in [-0.4, -0.2) is 43.1 Å². The molecule has 1 aliphatic carbocycles. The molecule has 9 nitrogen and oxygen atoms in total. The first-order valence-corrected chi connectivity index (χ1v) is 14.5. The summed E-state index contributed by atoms with van der Waals surface area (Å²) in [6.07, 6.45) is 9.45. The molecular formula is C33H32F2N6O3. The second-order valence-electron chi connectivity index (χ2n) is 11.7. The van der Waals surface area contributed by atoms with E-state index in [9.17, 15) is 18.4 Å². The Labute approximate surface area is 253 Å². The van der Waals surface area contributed by atoms with E-state index < -0.39 is 17.5 Å². The summed E-state index contributed by atoms with van der Waals surface area (Å²) in [5.74, 6) is -2.72. The molecule has 226 valence electrons. The van der Waals surface area contributed by atoms with Crippen LogP contribution in [0.4, 0.5) is 8.78 Å². The van der Waals surface area contributed by atoms with Gasteiger partial charge in [0, 0.05) is 29.6 Å². The summed E-state index contributed by atoms with van der Waals surface area (Å²) in [5.41, 5.74) is 10.3. The highest BCUT2D eigenvalue weighted by Gasteiger charge is 2.38. The van der Waals surface area contributed by atoms with Crippen molar-refractivity contribution in [1.82, 2.24) is 24.6 Å². The molecule has 0 saturated heterocycles. The number of hydrogen-bond acceptors (Lipinski definition) is 6. The summed E-state index contributed by atoms with van der Waals surface area (Å²) in [5, 5.41) is 5.35. The monoisotopic (exact) mass is 598 g/mol. The molecule has 2 aliphatic rings. The summed E-state index contributed by atoms with van der Waals surface area (Å²) < 4.78 is 35.3. The van der Waals surface area contributed by atoms with Gasteiger partial charge in [0.2, 0.25) is 0 Å². The molecule has 44 heavy (non-hydrogen) atoms. The van der Waals surface area contributed by atoms with Gasteiger partial charge in [0.1, 0.15) is 5.76 Å². The second kappa shape index (κ2) is 11.6. The Morgan fingerprint density at radius 3 is 2.66 bits per heavy atom. The van der Waals surface area contributed by atoms with Crippen LogP contribution in [0.15, 0.2) is 72.5 Å². The number of fused-ring (bicyclic) bond motifs is 1. The zero-order valence-electron chi connectivity index (χ0n) is 24.6. The molecular weight excluding hydrogens is 566 g/mol. The molecule has 0 radical (unpaired) electrons. The van der Waals surface area contributed by atoms with E-state index in [4.69, 9.17) is 15.5 Å². The molecule has 2 atom stereocenters. The van der Waals surface area contributed by atoms with Gasteiger partial charge in [-0.15, -0.1) is 0 Å². The van der Waals surface area contributed by atoms with Gasteiger partial charge in [-0.25, -0.2) is 18.4 Å². The van der Waals surface area contributed by atoms with Crippen LogP contribution in [0.5, 0.6) is 0 Å². The number of allylic oxidation sites excluding steroid dienone is 3. The average molecular weight is 599 g/mol. The maximum Gasteiger partial charge on any atom is 0.265 e. The van der Waals surface area contributed by atoms with Crippen LogP contribution in [0.3, 0.4) is 0 Å². The molecule has 4 aromatic rings. The molecule has 0 fully saturated rings. The van der Waals surface area contributed by atoms with Crippen LogP contribution < -0.4 is 5.73 Å². The SMILES string of the molecule is CC(C)Cc1nc2c(cnn2Cc2cccnc2)c(C2C=CC3=C(OCC(=O)N3Cc3ccc(F)c(F)c3)C2C)c1C(N)=O. The fraction of sp³-hybridized carbons (Fsp3) is 0.303. The van der Waals surface area contributed by atoms with E-state index in [1.165, 1.54) is 11.0 Å². The zero-order valence-corrected chi connectivity index (χ0v) is 24.6. The molecule has 4 heterocycles. The second-order valence-corrected chi connectivity index (χ2v) is 11.7. The molecule has 3 aromatic heterocycles. The van der Waals surface area contributed by atoms with E-state index in [0.717, 1.165) is 17.7 Å². The van der Waals surface area contributed by atoms with Gasteiger partial charge >= 0.3 is 0 Å². The lowest BCUT2D eigenvalue weighted by atomic mass is 9.78. The van der Waals surface area contributed by atoms with Crippen molar-refractivity contribution in [2.45, 2.75) is 46.2 Å². The maximum absolute atomic E-state index is 13.9. The summed E-state index contributed by atoms with van der Waals surface area (Å²) in [6.45, 7) is 6.36. The van der Waals surface area contributed by atoms with E-state index in [1.807, 2.05) is 25.1 Å². The molecule has 1 aliphatic heterocycles. The first-order valence-electron chi connectivity index (χ1n) is 14.5. The van der Waals surface area contributed by atoms with Crippen molar-refractivity contribution < 1.29 is 23.1 Å². The standard InChI is InChI=1S/C33H32F2N6O3/c1-18(2)11-26-30(32(36)43)29(23-14-38-41(33(23)39-26)16-21-5-4-10-37-13-21)22-7-9-27-31(19(22)3)44-17-28(42)40(27)15-20-6-8-24(34)25(35)12-20/h4-10,12-14,18-19,22H,11,15-17H2,1-3H3,(H2,36,43). The molecule has 0 saturated carbocycles. The number of rotatable bonds is 8. The number of hydrogen-bond donors (Lipinski definition) is 1. The van der Waals surface area contributed by atoms with Crippen molar-refractivity contribution in [1.29, 1.82) is 0 Å². The van der Waals surface area contributed by atoms with Gasteiger partial charge in [-0.3, -0.25) is 14.6 Å². The predicted octanol–water partition coefficient (Wildman–Crippen LogP) is 5.01. The Kier molecular flexibility index (Phi) is 7.71. The number of benzene rings is 1. The minimum atomic E-state index is -0.980. The average Bonchev–Trinajstić information content (AvgIpc) is 3.38. The number of amides is 2. The van der Waals surface area contributed by atoms with Crippen LogP contribution in [0.25, 0.3) is 11.0 Å². The number of nitrogens with zero attached hydrogens (tertiary/aromatic N) is 5. The highest BCUT2D eigenvalue weighted by molar-refractivity contribution is 6.00. The van der Waals surface area contributed by atoms with Crippen LogP contribution in [0.2, 0.25) is 0 Å². The molecule has 0 spiro atoms. The van der Waals surface area contributed by atoms with E-state index >= 15 is 0 Å². The minimum Gasteiger partial charge on any atom is -0.486 e. The Bertz CT molecular complexity index is 1830. The van der Waals surface area contributed by atoms with Crippen molar-refractivity contribution in [2.24, 2.45) is 17.6 Å². The summed E-state index contributed by atoms with van der Waals surface area (Å²) in [4.78, 5) is 36.7. The number of halogens is 2. The van der Waals surface area contributed by atoms with Crippen molar-refractivity contribution >= 4 is 22.8 Å². The zero-order chi connectivity index (χ0) is 31.1. The third-order valence-corrected chi connectivity index (χ3v) is 8.07. The lowest BCUT2D eigenvalue weighted by Crippen LogP contribution is -2.40. The fourth-order valence-corrected chi connectivity index (χ4v) is 6.06. The third kappa shape index (κ3) is 5.34. The van der Waals surface area contributed by atoms with Crippen molar-refractivity contribution in [3.05, 3.63) is 112 Å². The van der Waals surface area contributed by atoms with E-state index in [0.29, 0.717) is 57.8 Å². The van der Waals surface area contributed by atoms with Gasteiger partial charge in [-0.05, 0) is 53.3 Å². The Balaban J connectivity index is 1.45. The number of carbonyl (C=O) groups excluding carboxylic acids is 2. The Morgan fingerprint density at radius 1 is 1.14 bits per heavy atom. The lowest BCUT2D eigenvalue weighted by Gasteiger charge is -2.38. The summed E-state index contributed by atoms with van der Waals surface area (Å²) in [7, 11) is 0. The number of nitrogens with two attached hydrogens (primary N) is 1. The first-order chi connectivity index (χ1) is 21.1. The first kappa shape index (κ1) is 29.2. The third-order valence-electron chi connectivity index (χ3n) is 8.07. The quantitative estimate of drug-likeness (QED) is 0.305. The highest BCUT2D eigenvalue weighted by Crippen LogP contribution is 2.44. The molecule has 11 heteroatoms. The minimum absolute atomic E-state index is 0.0473. The predicted molar refractivity (Wildman–Crippen MR) is 159 cm³/mol. The van der Waals surface area contributed by atoms with Crippen molar-refractivity contribution in [2.75, 3.05) is 6.61 Å². The number of primary amides is 1. The molecule has 2 unspecified atom stereocenters. The number of carbonyl (C=O) groups is 2. The van der Waals surface area contributed by atoms with Crippen molar-refractivity contribution in [3.63, 3.8) is 0 Å². The number of ether oxygens (including phenoxy) is 1. The van der Waals surface area contributed by atoms with E-state index in [2.05, 4.69) is 23.9 Å². The molecule has 6 rings (SSSR count). The lowest BCUT2D eigenvalue weighted by molar-refractivity contribution is -0.136. The Hall–Kier alpha value is -4.93. The largest absolute Gasteiger partial charge is 0.486 e. The smallest absolute Gasteiger partial charge is 0.265 e. The van der Waals surface area contributed by atoms with E-state index in [-0.39, 0.29) is 36.8 Å². The fourth-order valence-electron chi connectivity index (χ4n) is 6.06. The van der Waals surface area contributed by atoms with Gasteiger partial charge in [0.25, 0.3) is 11.8 Å². The van der Waals surface area contributed by atoms with Gasteiger partial charge in [0.05, 0.1) is 36.2 Å². The molecule has 2 N–H and O–H groups in total. The summed E-state index contributed by atoms with van der Waals surface area (Å²) >= 11 is 0. The van der Waals surface area contributed by atoms with E-state index in [1.54, 1.807) is 29.3 Å². The topological polar surface area (TPSA) is 116 Å². The van der Waals surface area contributed by atoms with Crippen LogP contribution in [-0.2, 0) is 29.0 Å². The molecule has 1 aromatic carbocycles. The molecule has 0 bridgehead atoms. The normalized spacial score (nSPS) is 18.2.